The van der Waals surface area contributed by atoms with Gasteiger partial charge in [-0.15, -0.1) is 0 Å². The van der Waals surface area contributed by atoms with Crippen LogP contribution in [0.25, 0.3) is 33.4 Å². The predicted molar refractivity (Wildman–Crippen MR) is 228 cm³/mol. The number of carbonyl (C=O) groups is 3. The highest BCUT2D eigenvalue weighted by atomic mass is 16.5. The van der Waals surface area contributed by atoms with Crippen molar-refractivity contribution in [2.45, 2.75) is 96.6 Å². The summed E-state index contributed by atoms with van der Waals surface area (Å²) in [7, 11) is 5.10. The number of aliphatic imine (C=N–C) groups is 1. The molecule has 0 spiro atoms. The van der Waals surface area contributed by atoms with Crippen molar-refractivity contribution in [2.24, 2.45) is 23.9 Å². The van der Waals surface area contributed by atoms with Gasteiger partial charge in [-0.1, -0.05) is 45.9 Å². The zero-order valence-electron chi connectivity index (χ0n) is 35.4. The van der Waals surface area contributed by atoms with Crippen molar-refractivity contribution in [3.8, 4) is 22.5 Å². The molecule has 0 radical (unpaired) electrons. The summed E-state index contributed by atoms with van der Waals surface area (Å²) < 4.78 is 12.3. The van der Waals surface area contributed by atoms with Crippen LogP contribution in [0.5, 0.6) is 0 Å². The summed E-state index contributed by atoms with van der Waals surface area (Å²) in [5.41, 5.74) is 10.5. The number of hydrogen-bond donors (Lipinski definition) is 4. The van der Waals surface area contributed by atoms with E-state index in [9.17, 15) is 14.4 Å². The number of amides is 3. The van der Waals surface area contributed by atoms with Crippen molar-refractivity contribution < 1.29 is 23.9 Å². The second-order valence-corrected chi connectivity index (χ2v) is 17.2. The van der Waals surface area contributed by atoms with E-state index in [4.69, 9.17) is 19.5 Å². The van der Waals surface area contributed by atoms with Gasteiger partial charge in [-0.05, 0) is 85.3 Å². The molecule has 0 saturated carbocycles. The van der Waals surface area contributed by atoms with Crippen molar-refractivity contribution in [1.29, 1.82) is 0 Å². The lowest BCUT2D eigenvalue weighted by molar-refractivity contribution is -0.136. The van der Waals surface area contributed by atoms with E-state index in [0.717, 1.165) is 73.4 Å². The maximum atomic E-state index is 13.7. The van der Waals surface area contributed by atoms with E-state index in [1.807, 2.05) is 29.8 Å². The van der Waals surface area contributed by atoms with Gasteiger partial charge in [-0.2, -0.15) is 0 Å². The molecule has 8 rings (SSSR count). The monoisotopic (exact) mass is 805 g/mol. The number of fused-ring (bicyclic) bond motifs is 5. The number of hydrogen-bond acceptors (Lipinski definition) is 9. The molecule has 2 aromatic heterocycles. The summed E-state index contributed by atoms with van der Waals surface area (Å²) in [6.45, 7) is 10.4. The molecule has 4 N–H and O–H groups in total. The summed E-state index contributed by atoms with van der Waals surface area (Å²) >= 11 is 0. The first-order valence-corrected chi connectivity index (χ1v) is 21.3. The molecule has 5 atom stereocenters. The van der Waals surface area contributed by atoms with E-state index in [-0.39, 0.29) is 47.9 Å². The molecule has 3 amide bonds. The average molecular weight is 806 g/mol. The third-order valence-corrected chi connectivity index (χ3v) is 12.9. The van der Waals surface area contributed by atoms with E-state index in [1.165, 1.54) is 40.4 Å². The number of rotatable bonds is 12. The van der Waals surface area contributed by atoms with E-state index in [2.05, 4.69) is 82.8 Å². The normalized spacial score (nSPS) is 21.2. The molecule has 0 bridgehead atoms. The third kappa shape index (κ3) is 7.66. The number of carbonyl (C=O) groups excluding carboxylic acids is 3. The Balaban J connectivity index is 1.01. The quantitative estimate of drug-likeness (QED) is 0.141. The van der Waals surface area contributed by atoms with E-state index < -0.39 is 12.1 Å². The lowest BCUT2D eigenvalue weighted by Gasteiger charge is -2.33. The molecule has 5 heterocycles. The molecule has 2 aromatic carbocycles. The van der Waals surface area contributed by atoms with Crippen LogP contribution in [0.1, 0.15) is 81.9 Å². The van der Waals surface area contributed by atoms with Crippen molar-refractivity contribution >= 4 is 34.5 Å². The Kier molecular flexibility index (Phi) is 11.7. The second kappa shape index (κ2) is 16.9. The van der Waals surface area contributed by atoms with Gasteiger partial charge in [0, 0.05) is 55.8 Å². The number of imidazole rings is 1. The highest BCUT2D eigenvalue weighted by Gasteiger charge is 2.40. The first kappa shape index (κ1) is 40.7. The van der Waals surface area contributed by atoms with Crippen molar-refractivity contribution in [3.05, 3.63) is 65.1 Å². The van der Waals surface area contributed by atoms with Gasteiger partial charge in [-0.3, -0.25) is 25.2 Å². The Morgan fingerprint density at radius 3 is 2.42 bits per heavy atom. The van der Waals surface area contributed by atoms with E-state index in [1.54, 1.807) is 7.11 Å². The summed E-state index contributed by atoms with van der Waals surface area (Å²) in [6.07, 6.45) is 6.56. The molecule has 2 saturated heterocycles. The highest BCUT2D eigenvalue weighted by molar-refractivity contribution is 6.04. The Bertz CT molecular complexity index is 2260. The minimum atomic E-state index is -0.680. The topological polar surface area (TPSA) is 158 Å². The van der Waals surface area contributed by atoms with Crippen LogP contribution >= 0.6 is 0 Å². The molecule has 4 aromatic rings. The Morgan fingerprint density at radius 1 is 0.915 bits per heavy atom. The molecular formula is C45H59N9O5. The Morgan fingerprint density at radius 2 is 1.66 bits per heavy atom. The SMILES string of the molecule is COCNC(C(=O)N1CCCC1C1N=C(c2ccc3c(c2)CCc2c-3n(C)c3ccc(-c4cnc(C5CCCN5C(=O)C(NC(=O)OC)C(C)C)[nH]4)cc23)CN1)C(C)C. The van der Waals surface area contributed by atoms with Crippen LogP contribution in [0.2, 0.25) is 0 Å². The third-order valence-electron chi connectivity index (χ3n) is 12.9. The first-order valence-electron chi connectivity index (χ1n) is 21.3. The lowest BCUT2D eigenvalue weighted by Crippen LogP contribution is -2.54. The summed E-state index contributed by atoms with van der Waals surface area (Å²) in [6, 6.07) is 12.3. The average Bonchev–Trinajstić information content (AvgIpc) is 4.09. The van der Waals surface area contributed by atoms with Crippen LogP contribution < -0.4 is 16.0 Å². The smallest absolute Gasteiger partial charge is 0.407 e. The maximum Gasteiger partial charge on any atom is 0.407 e. The lowest BCUT2D eigenvalue weighted by atomic mass is 9.87. The number of aromatic amines is 1. The van der Waals surface area contributed by atoms with E-state index in [0.29, 0.717) is 19.8 Å². The maximum absolute atomic E-state index is 13.7. The minimum Gasteiger partial charge on any atom is -0.453 e. The van der Waals surface area contributed by atoms with Gasteiger partial charge in [0.1, 0.15) is 18.0 Å². The van der Waals surface area contributed by atoms with Crippen LogP contribution in [0, 0.1) is 11.8 Å². The molecular weight excluding hydrogens is 747 g/mol. The highest BCUT2D eigenvalue weighted by Crippen LogP contribution is 2.42. The van der Waals surface area contributed by atoms with E-state index >= 15 is 0 Å². The van der Waals surface area contributed by atoms with Crippen molar-refractivity contribution in [1.82, 2.24) is 40.3 Å². The summed E-state index contributed by atoms with van der Waals surface area (Å²) in [4.78, 5) is 56.9. The van der Waals surface area contributed by atoms with Crippen LogP contribution in [0.3, 0.4) is 0 Å². The fourth-order valence-corrected chi connectivity index (χ4v) is 9.81. The second-order valence-electron chi connectivity index (χ2n) is 17.2. The molecule has 314 valence electrons. The fourth-order valence-electron chi connectivity index (χ4n) is 9.81. The Hall–Kier alpha value is -5.05. The molecule has 5 unspecified atom stereocenters. The van der Waals surface area contributed by atoms with Crippen molar-refractivity contribution in [3.63, 3.8) is 0 Å². The number of ether oxygens (including phenoxy) is 2. The first-order chi connectivity index (χ1) is 28.5. The predicted octanol–water partition coefficient (Wildman–Crippen LogP) is 5.31. The zero-order valence-corrected chi connectivity index (χ0v) is 35.4. The Labute approximate surface area is 346 Å². The number of H-pyrrole nitrogens is 1. The standard InChI is InChI=1S/C45H59N9O5/c1-25(2)38(48-24-58-6)43(55)53-18-8-10-36(53)41-46-22-33(49-41)28-13-15-30-27(20-28)12-16-31-32-21-29(14-17-35(32)52(5)40(30)31)34-23-47-42(50-34)37-11-9-19-54(37)44(56)39(26(3)4)51-45(57)59-7/h13-15,17,20-21,23,25-26,36-39,41,46,48H,8-12,16,18-19,22,24H2,1-7H3,(H,47,50)(H,51,57). The minimum absolute atomic E-state index is 0.0285. The molecule has 14 nitrogen and oxygen atoms in total. The largest absolute Gasteiger partial charge is 0.453 e. The zero-order chi connectivity index (χ0) is 41.5. The van der Waals surface area contributed by atoms with Gasteiger partial charge < -0.3 is 34.1 Å². The summed E-state index contributed by atoms with van der Waals surface area (Å²) in [5, 5.41) is 10.9. The van der Waals surface area contributed by atoms with Gasteiger partial charge >= 0.3 is 6.09 Å². The van der Waals surface area contributed by atoms with Crippen LogP contribution in [0.4, 0.5) is 4.79 Å². The molecule has 2 fully saturated rings. The van der Waals surface area contributed by atoms with Crippen molar-refractivity contribution in [2.75, 3.05) is 40.6 Å². The number of methoxy groups -OCH3 is 2. The number of likely N-dealkylation sites (tertiary alicyclic amines) is 2. The van der Waals surface area contributed by atoms with Gasteiger partial charge in [0.15, 0.2) is 0 Å². The number of aryl methyl sites for hydroxylation is 3. The number of nitrogens with one attached hydrogen (secondary N) is 4. The number of alkyl carbamates (subject to hydrolysis) is 1. The number of nitrogens with zero attached hydrogens (tertiary/aromatic N) is 5. The number of aromatic nitrogens is 3. The fraction of sp³-hybridized carbons (Fsp3) is 0.533. The summed E-state index contributed by atoms with van der Waals surface area (Å²) in [5.74, 6) is 0.810. The van der Waals surface area contributed by atoms with Crippen LogP contribution in [-0.4, -0.2) is 113 Å². The van der Waals surface area contributed by atoms with Gasteiger partial charge in [-0.25, -0.2) is 9.78 Å². The molecule has 4 aliphatic rings. The van der Waals surface area contributed by atoms with Gasteiger partial charge in [0.2, 0.25) is 11.8 Å². The molecule has 59 heavy (non-hydrogen) atoms. The van der Waals surface area contributed by atoms with Gasteiger partial charge in [0.05, 0.1) is 55.3 Å². The number of benzene rings is 2. The van der Waals surface area contributed by atoms with Crippen LogP contribution in [-0.2, 0) is 39.0 Å². The molecule has 14 heteroatoms. The van der Waals surface area contributed by atoms with Gasteiger partial charge in [0.25, 0.3) is 0 Å². The van der Waals surface area contributed by atoms with Crippen LogP contribution in [0.15, 0.2) is 47.6 Å². The molecule has 1 aliphatic carbocycles. The molecule has 3 aliphatic heterocycles.